The van der Waals surface area contributed by atoms with Crippen LogP contribution >= 0.6 is 27.5 Å². The highest BCUT2D eigenvalue weighted by Gasteiger charge is 2.35. The molecule has 1 atom stereocenters. The Bertz CT molecular complexity index is 1280. The largest absolute Gasteiger partial charge is 0.487 e. The number of hydrogen-bond donors (Lipinski definition) is 1. The lowest BCUT2D eigenvalue weighted by Crippen LogP contribution is -2.33. The number of halogens is 3. The molecule has 4 rings (SSSR count). The fraction of sp³-hybridized carbons (Fsp3) is 0.259. The number of carboxylic acid groups (broad SMARTS) is 1. The molecule has 0 spiro atoms. The summed E-state index contributed by atoms with van der Waals surface area (Å²) in [6.45, 7) is 2.33. The van der Waals surface area contributed by atoms with Crippen LogP contribution in [0.5, 0.6) is 5.75 Å². The Hall–Kier alpha value is -2.90. The van der Waals surface area contributed by atoms with Gasteiger partial charge in [0.1, 0.15) is 17.2 Å². The number of aliphatic carboxylic acids is 1. The predicted octanol–water partition coefficient (Wildman–Crippen LogP) is 6.30. The Labute approximate surface area is 216 Å². The molecule has 8 heteroatoms. The van der Waals surface area contributed by atoms with Crippen LogP contribution in [0.1, 0.15) is 40.4 Å². The molecule has 0 aliphatic carbocycles. The van der Waals surface area contributed by atoms with Gasteiger partial charge in [0.15, 0.2) is 0 Å². The van der Waals surface area contributed by atoms with Gasteiger partial charge in [-0.15, -0.1) is 0 Å². The topological polar surface area (TPSA) is 66.8 Å². The molecule has 1 aliphatic rings. The number of carbonyl (C=O) groups excluding carboxylic acids is 1. The van der Waals surface area contributed by atoms with Crippen molar-refractivity contribution in [2.24, 2.45) is 0 Å². The van der Waals surface area contributed by atoms with Crippen molar-refractivity contribution in [2.45, 2.75) is 38.3 Å². The lowest BCUT2D eigenvalue weighted by atomic mass is 9.91. The second-order valence-electron chi connectivity index (χ2n) is 8.98. The SMILES string of the molecule is CC1(Cc2ccc(Cl)c(F)c2)Cc2cc(C(=O)N(CCC(=O)O)Cc3cccc(Br)c3)ccc2O1. The van der Waals surface area contributed by atoms with Gasteiger partial charge in [0.2, 0.25) is 0 Å². The average Bonchev–Trinajstić information content (AvgIpc) is 3.13. The molecule has 1 heterocycles. The van der Waals surface area contributed by atoms with Gasteiger partial charge in [-0.25, -0.2) is 4.39 Å². The monoisotopic (exact) mass is 559 g/mol. The standard InChI is InChI=1S/C27H24BrClFNO4/c1-27(14-17-5-7-22(29)23(30)12-17)15-20-13-19(6-8-24(20)35-27)26(34)31(10-9-25(32)33)16-18-3-2-4-21(28)11-18/h2-8,11-13H,9-10,14-16H2,1H3,(H,32,33). The fourth-order valence-corrected chi connectivity index (χ4v) is 4.92. The number of fused-ring (bicyclic) bond motifs is 1. The van der Waals surface area contributed by atoms with E-state index in [-0.39, 0.29) is 23.9 Å². The van der Waals surface area contributed by atoms with Crippen molar-refractivity contribution in [3.05, 3.63) is 98.2 Å². The number of carbonyl (C=O) groups is 2. The molecule has 0 fully saturated rings. The molecule has 3 aromatic carbocycles. The smallest absolute Gasteiger partial charge is 0.305 e. The lowest BCUT2D eigenvalue weighted by Gasteiger charge is -2.24. The van der Waals surface area contributed by atoms with Crippen molar-refractivity contribution in [1.29, 1.82) is 0 Å². The fourth-order valence-electron chi connectivity index (χ4n) is 4.36. The Morgan fingerprint density at radius 3 is 2.66 bits per heavy atom. The minimum Gasteiger partial charge on any atom is -0.487 e. The van der Waals surface area contributed by atoms with Crippen LogP contribution in [0.2, 0.25) is 5.02 Å². The molecule has 1 unspecified atom stereocenters. The van der Waals surface area contributed by atoms with Crippen molar-refractivity contribution >= 4 is 39.4 Å². The zero-order valence-corrected chi connectivity index (χ0v) is 21.4. The summed E-state index contributed by atoms with van der Waals surface area (Å²) < 4.78 is 21.0. The van der Waals surface area contributed by atoms with Gasteiger partial charge < -0.3 is 14.7 Å². The van der Waals surface area contributed by atoms with Crippen LogP contribution in [0.4, 0.5) is 4.39 Å². The van der Waals surface area contributed by atoms with Crippen LogP contribution in [0.25, 0.3) is 0 Å². The van der Waals surface area contributed by atoms with Crippen LogP contribution in [0.3, 0.4) is 0 Å². The van der Waals surface area contributed by atoms with Gasteiger partial charge in [-0.3, -0.25) is 9.59 Å². The molecule has 0 saturated heterocycles. The van der Waals surface area contributed by atoms with Crippen LogP contribution in [0.15, 0.2) is 65.1 Å². The van der Waals surface area contributed by atoms with E-state index >= 15 is 0 Å². The molecule has 182 valence electrons. The normalized spacial score (nSPS) is 16.5. The first-order valence-electron chi connectivity index (χ1n) is 11.1. The third kappa shape index (κ3) is 6.21. The molecular formula is C27H24BrClFNO4. The van der Waals surface area contributed by atoms with E-state index in [4.69, 9.17) is 21.4 Å². The second kappa shape index (κ2) is 10.4. The number of nitrogens with zero attached hydrogens (tertiary/aromatic N) is 1. The number of benzene rings is 3. The molecular weight excluding hydrogens is 537 g/mol. The van der Waals surface area contributed by atoms with E-state index < -0.39 is 17.4 Å². The molecule has 3 aromatic rings. The van der Waals surface area contributed by atoms with Gasteiger partial charge in [0.25, 0.3) is 5.91 Å². The van der Waals surface area contributed by atoms with E-state index in [0.29, 0.717) is 30.7 Å². The van der Waals surface area contributed by atoms with E-state index in [9.17, 15) is 14.0 Å². The van der Waals surface area contributed by atoms with Crippen molar-refractivity contribution in [3.8, 4) is 5.75 Å². The molecule has 0 saturated carbocycles. The maximum absolute atomic E-state index is 13.9. The van der Waals surface area contributed by atoms with Crippen molar-refractivity contribution < 1.29 is 23.8 Å². The minimum absolute atomic E-state index is 0.0768. The van der Waals surface area contributed by atoms with E-state index in [0.717, 1.165) is 21.2 Å². The van der Waals surface area contributed by atoms with Gasteiger partial charge in [-0.2, -0.15) is 0 Å². The highest BCUT2D eigenvalue weighted by Crippen LogP contribution is 2.38. The average molecular weight is 561 g/mol. The number of rotatable bonds is 8. The Kier molecular flexibility index (Phi) is 7.47. The quantitative estimate of drug-likeness (QED) is 0.351. The first kappa shape index (κ1) is 25.2. The summed E-state index contributed by atoms with van der Waals surface area (Å²) >= 11 is 9.23. The first-order chi connectivity index (χ1) is 16.6. The summed E-state index contributed by atoms with van der Waals surface area (Å²) in [6.07, 6.45) is 0.880. The van der Waals surface area contributed by atoms with E-state index in [1.165, 1.54) is 12.1 Å². The van der Waals surface area contributed by atoms with Gasteiger partial charge in [-0.05, 0) is 66.1 Å². The maximum Gasteiger partial charge on any atom is 0.305 e. The molecule has 0 radical (unpaired) electrons. The highest BCUT2D eigenvalue weighted by molar-refractivity contribution is 9.10. The van der Waals surface area contributed by atoms with Gasteiger partial charge in [-0.1, -0.05) is 45.7 Å². The summed E-state index contributed by atoms with van der Waals surface area (Å²) in [5.41, 5.74) is 2.42. The summed E-state index contributed by atoms with van der Waals surface area (Å²) in [6, 6.07) is 17.6. The number of hydrogen-bond acceptors (Lipinski definition) is 3. The van der Waals surface area contributed by atoms with E-state index in [2.05, 4.69) is 15.9 Å². The summed E-state index contributed by atoms with van der Waals surface area (Å²) in [7, 11) is 0. The van der Waals surface area contributed by atoms with Crippen LogP contribution in [-0.2, 0) is 24.2 Å². The van der Waals surface area contributed by atoms with Gasteiger partial charge in [0.05, 0.1) is 11.4 Å². The lowest BCUT2D eigenvalue weighted by molar-refractivity contribution is -0.137. The molecule has 1 N–H and O–H groups in total. The Balaban J connectivity index is 1.53. The second-order valence-corrected chi connectivity index (χ2v) is 10.3. The molecule has 0 bridgehead atoms. The third-order valence-electron chi connectivity index (χ3n) is 5.94. The predicted molar refractivity (Wildman–Crippen MR) is 135 cm³/mol. The summed E-state index contributed by atoms with van der Waals surface area (Å²) in [5.74, 6) is -0.998. The number of amides is 1. The number of ether oxygens (including phenoxy) is 1. The molecule has 35 heavy (non-hydrogen) atoms. The van der Waals surface area contributed by atoms with Gasteiger partial charge in [0, 0.05) is 36.0 Å². The number of carboxylic acids is 1. The third-order valence-corrected chi connectivity index (χ3v) is 6.74. The van der Waals surface area contributed by atoms with Crippen molar-refractivity contribution in [1.82, 2.24) is 4.90 Å². The Morgan fingerprint density at radius 1 is 1.14 bits per heavy atom. The maximum atomic E-state index is 13.9. The van der Waals surface area contributed by atoms with Crippen molar-refractivity contribution in [2.75, 3.05) is 6.54 Å². The van der Waals surface area contributed by atoms with E-state index in [1.54, 1.807) is 29.2 Å². The molecule has 5 nitrogen and oxygen atoms in total. The van der Waals surface area contributed by atoms with E-state index in [1.807, 2.05) is 31.2 Å². The zero-order valence-electron chi connectivity index (χ0n) is 19.1. The first-order valence-corrected chi connectivity index (χ1v) is 12.3. The zero-order chi connectivity index (χ0) is 25.2. The summed E-state index contributed by atoms with van der Waals surface area (Å²) in [4.78, 5) is 26.1. The molecule has 1 aliphatic heterocycles. The van der Waals surface area contributed by atoms with Crippen LogP contribution in [0, 0.1) is 5.82 Å². The van der Waals surface area contributed by atoms with Crippen LogP contribution in [-0.4, -0.2) is 34.0 Å². The minimum atomic E-state index is -0.964. The molecule has 1 amide bonds. The van der Waals surface area contributed by atoms with Crippen molar-refractivity contribution in [3.63, 3.8) is 0 Å². The Morgan fingerprint density at radius 2 is 1.94 bits per heavy atom. The highest BCUT2D eigenvalue weighted by atomic mass is 79.9. The summed E-state index contributed by atoms with van der Waals surface area (Å²) in [5, 5.41) is 9.25. The van der Waals surface area contributed by atoms with Gasteiger partial charge >= 0.3 is 5.97 Å². The molecule has 0 aromatic heterocycles. The van der Waals surface area contributed by atoms with Crippen LogP contribution < -0.4 is 4.74 Å².